The van der Waals surface area contributed by atoms with Crippen molar-refractivity contribution in [2.75, 3.05) is 7.11 Å². The van der Waals surface area contributed by atoms with E-state index in [0.717, 1.165) is 16.7 Å². The minimum Gasteiger partial charge on any atom is -0.496 e. The summed E-state index contributed by atoms with van der Waals surface area (Å²) in [6, 6.07) is 14.7. The van der Waals surface area contributed by atoms with Crippen molar-refractivity contribution in [3.63, 3.8) is 0 Å². The van der Waals surface area contributed by atoms with Gasteiger partial charge in [0.2, 0.25) is 0 Å². The summed E-state index contributed by atoms with van der Waals surface area (Å²) in [6.45, 7) is 5.99. The summed E-state index contributed by atoms with van der Waals surface area (Å²) in [4.78, 5) is 5.12. The van der Waals surface area contributed by atoms with Gasteiger partial charge in [-0.05, 0) is 43.3 Å². The lowest BCUT2D eigenvalue weighted by molar-refractivity contribution is 0.416. The Morgan fingerprint density at radius 3 is 2.37 bits per heavy atom. The highest BCUT2D eigenvalue weighted by Crippen LogP contribution is 2.40. The number of aromatic nitrogens is 2. The number of fused-ring (bicyclic) bond motifs is 1. The van der Waals surface area contributed by atoms with Gasteiger partial charge >= 0.3 is 0 Å². The fraction of sp³-hybridized carbons (Fsp3) is 0.174. The average Bonchev–Trinajstić information content (AvgIpc) is 3.16. The first-order valence-corrected chi connectivity index (χ1v) is 11.3. The summed E-state index contributed by atoms with van der Waals surface area (Å²) in [5.74, 6) is 0.604. The van der Waals surface area contributed by atoms with Gasteiger partial charge in [0, 0.05) is 33.9 Å². The summed E-state index contributed by atoms with van der Waals surface area (Å²) < 4.78 is 20.4. The fourth-order valence-corrected chi connectivity index (χ4v) is 4.57. The minimum atomic E-state index is -1.48. The van der Waals surface area contributed by atoms with Crippen LogP contribution in [0.4, 0.5) is 0 Å². The third-order valence-electron chi connectivity index (χ3n) is 4.46. The van der Waals surface area contributed by atoms with Gasteiger partial charge in [-0.3, -0.25) is 0 Å². The number of hydrogen-bond donors (Lipinski definition) is 0. The Balaban J connectivity index is 0.00000124. The lowest BCUT2D eigenvalue weighted by Gasteiger charge is -2.08. The molecule has 0 N–H and O–H groups in total. The van der Waals surface area contributed by atoms with Gasteiger partial charge in [0.1, 0.15) is 5.75 Å². The Labute approximate surface area is 189 Å². The predicted molar refractivity (Wildman–Crippen MR) is 126 cm³/mol. The molecule has 2 aromatic carbocycles. The van der Waals surface area contributed by atoms with E-state index < -0.39 is 11.0 Å². The summed E-state index contributed by atoms with van der Waals surface area (Å²) >= 11 is 12.6. The highest BCUT2D eigenvalue weighted by molar-refractivity contribution is 7.83. The molecule has 30 heavy (non-hydrogen) atoms. The Kier molecular flexibility index (Phi) is 7.19. The molecule has 0 saturated heterocycles. The quantitative estimate of drug-likeness (QED) is 0.331. The second-order valence-corrected chi connectivity index (χ2v) is 8.47. The van der Waals surface area contributed by atoms with Crippen molar-refractivity contribution in [2.45, 2.75) is 25.7 Å². The lowest BCUT2D eigenvalue weighted by Crippen LogP contribution is -2.04. The summed E-state index contributed by atoms with van der Waals surface area (Å²) in [7, 11) is 0.107. The number of aryl methyl sites for hydroxylation is 1. The largest absolute Gasteiger partial charge is 0.496 e. The molecule has 7 heteroatoms. The number of benzene rings is 2. The number of rotatable bonds is 4. The molecule has 0 saturated carbocycles. The van der Waals surface area contributed by atoms with Crippen molar-refractivity contribution in [1.82, 2.24) is 8.96 Å². The third kappa shape index (κ3) is 4.24. The average molecular weight is 461 g/mol. The molecular weight excluding hydrogens is 439 g/mol. The highest BCUT2D eigenvalue weighted by Gasteiger charge is 2.20. The Morgan fingerprint density at radius 1 is 1.00 bits per heavy atom. The summed E-state index contributed by atoms with van der Waals surface area (Å²) in [5, 5.41) is 1.80. The molecule has 0 amide bonds. The third-order valence-corrected chi connectivity index (χ3v) is 6.32. The zero-order valence-corrected chi connectivity index (χ0v) is 19.5. The molecule has 1 unspecified atom stereocenters. The molecule has 4 rings (SSSR count). The van der Waals surface area contributed by atoms with E-state index in [1.807, 2.05) is 51.1 Å². The molecule has 4 aromatic rings. The molecule has 4 nitrogen and oxygen atoms in total. The van der Waals surface area contributed by atoms with E-state index in [1.54, 1.807) is 41.7 Å². The van der Waals surface area contributed by atoms with Crippen LogP contribution in [-0.2, 0) is 11.0 Å². The molecule has 156 valence electrons. The zero-order valence-electron chi connectivity index (χ0n) is 17.1. The van der Waals surface area contributed by atoms with Crippen LogP contribution in [0.3, 0.4) is 0 Å². The molecule has 0 fully saturated rings. The van der Waals surface area contributed by atoms with Gasteiger partial charge in [-0.2, -0.15) is 0 Å². The minimum absolute atomic E-state index is 0.525. The monoisotopic (exact) mass is 460 g/mol. The molecule has 0 aliphatic heterocycles. The van der Waals surface area contributed by atoms with E-state index in [4.69, 9.17) is 27.9 Å². The van der Waals surface area contributed by atoms with E-state index in [-0.39, 0.29) is 0 Å². The van der Waals surface area contributed by atoms with Crippen LogP contribution in [0.1, 0.15) is 19.4 Å². The number of ether oxygens (including phenoxy) is 1. The van der Waals surface area contributed by atoms with Gasteiger partial charge in [0.05, 0.1) is 17.0 Å². The topological polar surface area (TPSA) is 44.1 Å². The van der Waals surface area contributed by atoms with Gasteiger partial charge in [0.15, 0.2) is 16.6 Å². The highest BCUT2D eigenvalue weighted by atomic mass is 35.5. The van der Waals surface area contributed by atoms with Crippen molar-refractivity contribution in [1.29, 1.82) is 0 Å². The second-order valence-electron chi connectivity index (χ2n) is 6.27. The molecule has 1 atom stereocenters. The van der Waals surface area contributed by atoms with Gasteiger partial charge < -0.3 is 4.74 Å². The van der Waals surface area contributed by atoms with Crippen molar-refractivity contribution in [2.24, 2.45) is 0 Å². The number of halogens is 2. The van der Waals surface area contributed by atoms with Crippen LogP contribution in [0.5, 0.6) is 5.75 Å². The van der Waals surface area contributed by atoms with Gasteiger partial charge in [-0.15, -0.1) is 0 Å². The van der Waals surface area contributed by atoms with Gasteiger partial charge in [-0.25, -0.2) is 13.2 Å². The Morgan fingerprint density at radius 2 is 1.70 bits per heavy atom. The fourth-order valence-electron chi connectivity index (χ4n) is 3.07. The summed E-state index contributed by atoms with van der Waals surface area (Å²) in [5.41, 5.74) is 3.22. The first-order chi connectivity index (χ1) is 14.5. The van der Waals surface area contributed by atoms with E-state index in [1.165, 1.54) is 0 Å². The molecule has 2 aromatic heterocycles. The van der Waals surface area contributed by atoms with Gasteiger partial charge in [0.25, 0.3) is 0 Å². The number of hydrogen-bond acceptors (Lipinski definition) is 3. The zero-order chi connectivity index (χ0) is 21.8. The maximum absolute atomic E-state index is 13.3. The van der Waals surface area contributed by atoms with E-state index in [9.17, 15) is 4.21 Å². The number of pyridine rings is 1. The molecule has 0 spiro atoms. The van der Waals surface area contributed by atoms with Crippen molar-refractivity contribution >= 4 is 45.2 Å². The second kappa shape index (κ2) is 9.65. The Hall–Kier alpha value is -2.34. The molecule has 2 heterocycles. The SMILES string of the molecule is CC.COc1cc(Cl)ccc1-c1cn(S(=O)c2ccc(C)cc2)c2nccc(Cl)c12. The molecular formula is C23H22Cl2N2O2S. The van der Waals surface area contributed by atoms with E-state index in [0.29, 0.717) is 31.7 Å². The van der Waals surface area contributed by atoms with Crippen LogP contribution < -0.4 is 4.74 Å². The smallest absolute Gasteiger partial charge is 0.158 e. The van der Waals surface area contributed by atoms with Crippen LogP contribution in [0.25, 0.3) is 22.2 Å². The standard InChI is InChI=1S/C21H16Cl2N2O2S.C2H6/c1-13-3-6-15(7-4-13)28(26)25-12-17(20-18(23)9-10-24-21(20)25)16-8-5-14(22)11-19(16)27-2;1-2/h3-12H,1-2H3;1-2H3. The predicted octanol–water partition coefficient (Wildman–Crippen LogP) is 6.92. The van der Waals surface area contributed by atoms with Crippen LogP contribution in [0.2, 0.25) is 10.0 Å². The molecule has 0 radical (unpaired) electrons. The van der Waals surface area contributed by atoms with Crippen LogP contribution in [0.15, 0.2) is 65.8 Å². The van der Waals surface area contributed by atoms with Crippen molar-refractivity contribution < 1.29 is 8.95 Å². The molecule has 0 aliphatic carbocycles. The maximum Gasteiger partial charge on any atom is 0.158 e. The van der Waals surface area contributed by atoms with Crippen LogP contribution >= 0.6 is 23.2 Å². The van der Waals surface area contributed by atoms with E-state index in [2.05, 4.69) is 4.98 Å². The summed E-state index contributed by atoms with van der Waals surface area (Å²) in [6.07, 6.45) is 3.40. The molecule has 0 aliphatic rings. The lowest BCUT2D eigenvalue weighted by atomic mass is 10.0. The number of methoxy groups -OCH3 is 1. The molecule has 0 bridgehead atoms. The van der Waals surface area contributed by atoms with Crippen LogP contribution in [0, 0.1) is 6.92 Å². The van der Waals surface area contributed by atoms with Gasteiger partial charge in [-0.1, -0.05) is 54.7 Å². The number of nitrogens with zero attached hydrogens (tertiary/aromatic N) is 2. The van der Waals surface area contributed by atoms with Crippen molar-refractivity contribution in [3.05, 3.63) is 76.5 Å². The first-order valence-electron chi connectivity index (χ1n) is 9.48. The normalized spacial score (nSPS) is 11.7. The first kappa shape index (κ1) is 22.3. The van der Waals surface area contributed by atoms with Crippen LogP contribution in [-0.4, -0.2) is 20.3 Å². The Bertz CT molecular complexity index is 1200. The maximum atomic E-state index is 13.3. The van der Waals surface area contributed by atoms with Crippen molar-refractivity contribution in [3.8, 4) is 16.9 Å². The van der Waals surface area contributed by atoms with E-state index >= 15 is 0 Å².